The molecule has 0 aliphatic carbocycles. The maximum absolute atomic E-state index is 9.79. The predicted molar refractivity (Wildman–Crippen MR) is 47.4 cm³/mol. The third-order valence-electron chi connectivity index (χ3n) is 2.82. The molecule has 0 spiro atoms. The Labute approximate surface area is 78.5 Å². The maximum atomic E-state index is 9.79. The number of hydrogen-bond acceptors (Lipinski definition) is 4. The van der Waals surface area contributed by atoms with Gasteiger partial charge in [0, 0.05) is 13.0 Å². The summed E-state index contributed by atoms with van der Waals surface area (Å²) >= 11 is 0. The smallest absolute Gasteiger partial charge is 0.112 e. The summed E-state index contributed by atoms with van der Waals surface area (Å²) in [6.07, 6.45) is -1.44. The molecule has 2 unspecified atom stereocenters. The minimum atomic E-state index is -0.564. The third kappa shape index (κ3) is 2.02. The van der Waals surface area contributed by atoms with Crippen molar-refractivity contribution in [1.82, 2.24) is 0 Å². The van der Waals surface area contributed by atoms with Gasteiger partial charge in [0.25, 0.3) is 0 Å². The topological polar surface area (TPSA) is 58.9 Å². The van der Waals surface area contributed by atoms with Crippen molar-refractivity contribution in [2.45, 2.75) is 38.3 Å². The van der Waals surface area contributed by atoms with Gasteiger partial charge in [-0.15, -0.1) is 0 Å². The van der Waals surface area contributed by atoms with Crippen LogP contribution in [-0.2, 0) is 9.47 Å². The van der Waals surface area contributed by atoms with Crippen LogP contribution in [0.5, 0.6) is 0 Å². The van der Waals surface area contributed by atoms with Crippen molar-refractivity contribution in [3.8, 4) is 0 Å². The van der Waals surface area contributed by atoms with Gasteiger partial charge < -0.3 is 19.7 Å². The first-order valence-corrected chi connectivity index (χ1v) is 4.59. The molecule has 0 amide bonds. The summed E-state index contributed by atoms with van der Waals surface area (Å²) < 4.78 is 10.6. The molecule has 0 bridgehead atoms. The predicted octanol–water partition coefficient (Wildman–Crippen LogP) is -0.222. The van der Waals surface area contributed by atoms with Crippen LogP contribution in [0, 0.1) is 5.92 Å². The molecule has 0 radical (unpaired) electrons. The first-order valence-electron chi connectivity index (χ1n) is 4.59. The van der Waals surface area contributed by atoms with E-state index in [0.717, 1.165) is 0 Å². The standard InChI is InChI=1S/C9H18O4/c1-5-6(2)13-7(4-10)9(12-3)8(5)11/h5-11H,4H2,1-3H3/t5-,6?,7?,8-,9-/m1/s1. The van der Waals surface area contributed by atoms with Crippen molar-refractivity contribution in [1.29, 1.82) is 0 Å². The van der Waals surface area contributed by atoms with Crippen LogP contribution in [0.1, 0.15) is 13.8 Å². The van der Waals surface area contributed by atoms with E-state index < -0.39 is 18.3 Å². The molecule has 0 aromatic heterocycles. The highest BCUT2D eigenvalue weighted by Crippen LogP contribution is 2.26. The lowest BCUT2D eigenvalue weighted by Gasteiger charge is -2.41. The fourth-order valence-electron chi connectivity index (χ4n) is 1.71. The number of ether oxygens (including phenoxy) is 2. The minimum absolute atomic E-state index is 0.0350. The van der Waals surface area contributed by atoms with Gasteiger partial charge in [-0.2, -0.15) is 0 Å². The zero-order chi connectivity index (χ0) is 10.0. The van der Waals surface area contributed by atoms with E-state index in [0.29, 0.717) is 0 Å². The first kappa shape index (κ1) is 10.9. The van der Waals surface area contributed by atoms with E-state index in [4.69, 9.17) is 14.6 Å². The van der Waals surface area contributed by atoms with Crippen molar-refractivity contribution in [2.24, 2.45) is 5.92 Å². The molecule has 5 atom stereocenters. The zero-order valence-corrected chi connectivity index (χ0v) is 8.30. The molecule has 1 saturated heterocycles. The van der Waals surface area contributed by atoms with Crippen LogP contribution in [-0.4, -0.2) is 48.3 Å². The van der Waals surface area contributed by atoms with Gasteiger partial charge >= 0.3 is 0 Å². The summed E-state index contributed by atoms with van der Waals surface area (Å²) in [6.45, 7) is 3.68. The van der Waals surface area contributed by atoms with Crippen LogP contribution >= 0.6 is 0 Å². The molecule has 2 N–H and O–H groups in total. The van der Waals surface area contributed by atoms with E-state index >= 15 is 0 Å². The van der Waals surface area contributed by atoms with Crippen LogP contribution in [0.4, 0.5) is 0 Å². The molecule has 78 valence electrons. The molecular weight excluding hydrogens is 172 g/mol. The van der Waals surface area contributed by atoms with Crippen LogP contribution in [0.15, 0.2) is 0 Å². The van der Waals surface area contributed by atoms with E-state index in [1.807, 2.05) is 13.8 Å². The maximum Gasteiger partial charge on any atom is 0.112 e. The molecule has 4 nitrogen and oxygen atoms in total. The Hall–Kier alpha value is -0.160. The van der Waals surface area contributed by atoms with Crippen molar-refractivity contribution < 1.29 is 19.7 Å². The average molecular weight is 190 g/mol. The van der Waals surface area contributed by atoms with Gasteiger partial charge in [0.05, 0.1) is 18.8 Å². The first-order chi connectivity index (χ1) is 6.11. The number of aliphatic hydroxyl groups excluding tert-OH is 2. The summed E-state index contributed by atoms with van der Waals surface area (Å²) in [5.41, 5.74) is 0. The lowest BCUT2D eigenvalue weighted by Crippen LogP contribution is -2.54. The Balaban J connectivity index is 2.69. The Bertz CT molecular complexity index is 160. The third-order valence-corrected chi connectivity index (χ3v) is 2.82. The normalized spacial score (nSPS) is 46.4. The molecule has 13 heavy (non-hydrogen) atoms. The Kier molecular flexibility index (Phi) is 3.67. The van der Waals surface area contributed by atoms with Gasteiger partial charge in [-0.3, -0.25) is 0 Å². The average Bonchev–Trinajstić information content (AvgIpc) is 2.13. The van der Waals surface area contributed by atoms with Gasteiger partial charge in [-0.1, -0.05) is 6.92 Å². The molecule has 1 aliphatic heterocycles. The monoisotopic (exact) mass is 190 g/mol. The molecule has 0 saturated carbocycles. The largest absolute Gasteiger partial charge is 0.394 e. The van der Waals surface area contributed by atoms with E-state index in [1.165, 1.54) is 7.11 Å². The Morgan fingerprint density at radius 3 is 2.46 bits per heavy atom. The van der Waals surface area contributed by atoms with Gasteiger partial charge in [-0.25, -0.2) is 0 Å². The van der Waals surface area contributed by atoms with Gasteiger partial charge in [0.15, 0.2) is 0 Å². The molecule has 0 aromatic rings. The quantitative estimate of drug-likeness (QED) is 0.632. The van der Waals surface area contributed by atoms with E-state index in [1.54, 1.807) is 0 Å². The SMILES string of the molecule is CO[C@@H]1C(CO)OC(C)[C@@H](C)[C@H]1O. The second-order valence-electron chi connectivity index (χ2n) is 3.61. The van der Waals surface area contributed by atoms with Crippen molar-refractivity contribution in [3.63, 3.8) is 0 Å². The molecule has 1 aliphatic rings. The molecule has 4 heteroatoms. The highest BCUT2D eigenvalue weighted by molar-refractivity contribution is 4.89. The Morgan fingerprint density at radius 2 is 2.00 bits per heavy atom. The van der Waals surface area contributed by atoms with Crippen LogP contribution in [0.25, 0.3) is 0 Å². The van der Waals surface area contributed by atoms with Crippen LogP contribution in [0.2, 0.25) is 0 Å². The summed E-state index contributed by atoms with van der Waals surface area (Å²) in [6, 6.07) is 0. The van der Waals surface area contributed by atoms with E-state index in [-0.39, 0.29) is 18.6 Å². The fraction of sp³-hybridized carbons (Fsp3) is 1.00. The minimum Gasteiger partial charge on any atom is -0.394 e. The highest BCUT2D eigenvalue weighted by Gasteiger charge is 2.40. The van der Waals surface area contributed by atoms with Crippen molar-refractivity contribution in [3.05, 3.63) is 0 Å². The molecule has 1 fully saturated rings. The molecule has 1 heterocycles. The lowest BCUT2D eigenvalue weighted by atomic mass is 9.89. The fourth-order valence-corrected chi connectivity index (χ4v) is 1.71. The summed E-state index contributed by atoms with van der Waals surface area (Å²) in [7, 11) is 1.52. The van der Waals surface area contributed by atoms with Gasteiger partial charge in [0.2, 0.25) is 0 Å². The van der Waals surface area contributed by atoms with Crippen molar-refractivity contribution >= 4 is 0 Å². The number of methoxy groups -OCH3 is 1. The van der Waals surface area contributed by atoms with Gasteiger partial charge in [-0.05, 0) is 6.92 Å². The number of rotatable bonds is 2. The second kappa shape index (κ2) is 4.37. The van der Waals surface area contributed by atoms with Crippen molar-refractivity contribution in [2.75, 3.05) is 13.7 Å². The zero-order valence-electron chi connectivity index (χ0n) is 8.30. The summed E-state index contributed by atoms with van der Waals surface area (Å²) in [5, 5.41) is 18.8. The summed E-state index contributed by atoms with van der Waals surface area (Å²) in [4.78, 5) is 0. The lowest BCUT2D eigenvalue weighted by molar-refractivity contribution is -0.208. The van der Waals surface area contributed by atoms with Crippen LogP contribution in [0.3, 0.4) is 0 Å². The Morgan fingerprint density at radius 1 is 1.38 bits per heavy atom. The van der Waals surface area contributed by atoms with Gasteiger partial charge in [0.1, 0.15) is 12.2 Å². The molecular formula is C9H18O4. The van der Waals surface area contributed by atoms with Crippen LogP contribution < -0.4 is 0 Å². The highest BCUT2D eigenvalue weighted by atomic mass is 16.6. The number of aliphatic hydroxyl groups is 2. The van der Waals surface area contributed by atoms with E-state index in [2.05, 4.69) is 0 Å². The molecule has 0 aromatic carbocycles. The number of hydrogen-bond donors (Lipinski definition) is 2. The molecule has 1 rings (SSSR count). The summed E-state index contributed by atoms with van der Waals surface area (Å²) in [5.74, 6) is 0.0350. The second-order valence-corrected chi connectivity index (χ2v) is 3.61. The van der Waals surface area contributed by atoms with E-state index in [9.17, 15) is 5.11 Å².